The van der Waals surface area contributed by atoms with Crippen LogP contribution in [0.25, 0.3) is 0 Å². The summed E-state index contributed by atoms with van der Waals surface area (Å²) in [6.45, 7) is 7.68. The van der Waals surface area contributed by atoms with Crippen molar-refractivity contribution < 1.29 is 9.52 Å². The average molecular weight is 398 g/mol. The third-order valence-electron chi connectivity index (χ3n) is 10.2. The van der Waals surface area contributed by atoms with Crippen LogP contribution in [-0.2, 0) is 6.42 Å². The first-order chi connectivity index (χ1) is 13.9. The molecule has 4 aliphatic carbocycles. The van der Waals surface area contributed by atoms with Crippen molar-refractivity contribution in [3.05, 3.63) is 30.0 Å². The number of rotatable bonds is 4. The van der Waals surface area contributed by atoms with E-state index in [-0.39, 0.29) is 6.10 Å². The molecule has 29 heavy (non-hydrogen) atoms. The van der Waals surface area contributed by atoms with Gasteiger partial charge in [-0.15, -0.1) is 0 Å². The molecule has 4 aliphatic rings. The second kappa shape index (κ2) is 7.25. The summed E-state index contributed by atoms with van der Waals surface area (Å²) in [7, 11) is 0. The maximum absolute atomic E-state index is 10.2. The summed E-state index contributed by atoms with van der Waals surface area (Å²) in [5, 5.41) is 10.2. The van der Waals surface area contributed by atoms with Gasteiger partial charge in [0.1, 0.15) is 6.26 Å². The molecule has 0 aromatic carbocycles. The van der Waals surface area contributed by atoms with Gasteiger partial charge in [0.25, 0.3) is 0 Å². The highest BCUT2D eigenvalue weighted by Gasteiger charge is 2.59. The van der Waals surface area contributed by atoms with E-state index in [1.807, 2.05) is 6.26 Å². The second-order valence-electron chi connectivity index (χ2n) is 11.4. The number of aryl methyl sites for hydroxylation is 1. The number of hydrogen-bond acceptors (Lipinski definition) is 3. The lowest BCUT2D eigenvalue weighted by atomic mass is 9.47. The van der Waals surface area contributed by atoms with Gasteiger partial charge < -0.3 is 9.52 Å². The fourth-order valence-electron chi connectivity index (χ4n) is 8.55. The quantitative estimate of drug-likeness (QED) is 0.617. The Kier molecular flexibility index (Phi) is 4.96. The Morgan fingerprint density at radius 3 is 2.83 bits per heavy atom. The Labute approximate surface area is 176 Å². The molecule has 8 unspecified atom stereocenters. The fraction of sp³-hybridized carbons (Fsp3) is 0.808. The standard InChI is InChI=1S/C26H39NO2/c1-17(4-6-19-15-29-16-27-19)22-8-9-23-21-7-5-18-14-20(28)10-12-25(18,2)24(21)11-13-26(22,23)3/h5,15-17,20-24,28H,4,6-14H2,1-3H3. The monoisotopic (exact) mass is 397 g/mol. The van der Waals surface area contributed by atoms with E-state index in [1.54, 1.807) is 12.0 Å². The van der Waals surface area contributed by atoms with Crippen LogP contribution in [0.1, 0.15) is 84.3 Å². The van der Waals surface area contributed by atoms with Crippen LogP contribution >= 0.6 is 0 Å². The Bertz CT molecular complexity index is 755. The number of aliphatic hydroxyl groups excluding tert-OH is 1. The zero-order valence-corrected chi connectivity index (χ0v) is 18.6. The van der Waals surface area contributed by atoms with Gasteiger partial charge in [0.05, 0.1) is 11.8 Å². The zero-order valence-electron chi connectivity index (χ0n) is 18.6. The maximum Gasteiger partial charge on any atom is 0.180 e. The van der Waals surface area contributed by atoms with E-state index < -0.39 is 0 Å². The van der Waals surface area contributed by atoms with E-state index in [0.717, 1.165) is 54.5 Å². The maximum atomic E-state index is 10.2. The fourth-order valence-corrected chi connectivity index (χ4v) is 8.55. The number of nitrogens with zero attached hydrogens (tertiary/aromatic N) is 1. The molecule has 3 saturated carbocycles. The van der Waals surface area contributed by atoms with Gasteiger partial charge in [0, 0.05) is 0 Å². The summed E-state index contributed by atoms with van der Waals surface area (Å²) < 4.78 is 5.16. The molecule has 0 radical (unpaired) electrons. The molecule has 5 rings (SSSR count). The van der Waals surface area contributed by atoms with Gasteiger partial charge >= 0.3 is 0 Å². The van der Waals surface area contributed by atoms with Crippen molar-refractivity contribution >= 4 is 0 Å². The minimum atomic E-state index is -0.0961. The Morgan fingerprint density at radius 2 is 2.03 bits per heavy atom. The first-order valence-electron chi connectivity index (χ1n) is 12.2. The SMILES string of the molecule is CC(CCc1cocn1)C1CCC2C3CC=C4CC(O)CCC4(C)C3CCC12C. The van der Waals surface area contributed by atoms with Gasteiger partial charge in [-0.1, -0.05) is 32.4 Å². The first kappa shape index (κ1) is 19.8. The van der Waals surface area contributed by atoms with Crippen LogP contribution in [0.2, 0.25) is 0 Å². The van der Waals surface area contributed by atoms with Crippen molar-refractivity contribution in [1.82, 2.24) is 4.98 Å². The van der Waals surface area contributed by atoms with E-state index >= 15 is 0 Å². The van der Waals surface area contributed by atoms with Gasteiger partial charge in [-0.2, -0.15) is 0 Å². The Hall–Kier alpha value is -1.09. The van der Waals surface area contributed by atoms with Crippen LogP contribution in [0.3, 0.4) is 0 Å². The Morgan fingerprint density at radius 1 is 1.17 bits per heavy atom. The molecule has 1 aromatic rings. The molecule has 160 valence electrons. The molecule has 3 heteroatoms. The summed E-state index contributed by atoms with van der Waals surface area (Å²) in [6.07, 6.45) is 18.2. The van der Waals surface area contributed by atoms with Gasteiger partial charge in [-0.05, 0) is 105 Å². The largest absolute Gasteiger partial charge is 0.451 e. The molecule has 1 N–H and O–H groups in total. The summed E-state index contributed by atoms with van der Waals surface area (Å²) in [4.78, 5) is 4.33. The molecule has 0 bridgehead atoms. The van der Waals surface area contributed by atoms with E-state index in [4.69, 9.17) is 4.42 Å². The van der Waals surface area contributed by atoms with Gasteiger partial charge in [-0.3, -0.25) is 0 Å². The topological polar surface area (TPSA) is 46.3 Å². The summed E-state index contributed by atoms with van der Waals surface area (Å²) in [6, 6.07) is 0. The van der Waals surface area contributed by atoms with Crippen molar-refractivity contribution in [2.24, 2.45) is 40.4 Å². The lowest BCUT2D eigenvalue weighted by Crippen LogP contribution is -2.50. The van der Waals surface area contributed by atoms with Crippen molar-refractivity contribution in [2.75, 3.05) is 0 Å². The smallest absolute Gasteiger partial charge is 0.180 e. The minimum absolute atomic E-state index is 0.0961. The minimum Gasteiger partial charge on any atom is -0.451 e. The number of aliphatic hydroxyl groups is 1. The van der Waals surface area contributed by atoms with Gasteiger partial charge in [0.15, 0.2) is 6.39 Å². The van der Waals surface area contributed by atoms with E-state index in [9.17, 15) is 5.11 Å². The van der Waals surface area contributed by atoms with Gasteiger partial charge in [-0.25, -0.2) is 4.98 Å². The molecule has 8 atom stereocenters. The number of oxazole rings is 1. The Balaban J connectivity index is 1.33. The predicted molar refractivity (Wildman–Crippen MR) is 115 cm³/mol. The number of hydrogen-bond donors (Lipinski definition) is 1. The molecule has 1 aromatic heterocycles. The van der Waals surface area contributed by atoms with Crippen molar-refractivity contribution in [3.63, 3.8) is 0 Å². The number of fused-ring (bicyclic) bond motifs is 5. The van der Waals surface area contributed by atoms with Crippen LogP contribution < -0.4 is 0 Å². The molecular weight excluding hydrogens is 358 g/mol. The molecule has 0 saturated heterocycles. The normalized spacial score (nSPS) is 45.1. The van der Waals surface area contributed by atoms with Crippen LogP contribution in [-0.4, -0.2) is 16.2 Å². The van der Waals surface area contributed by atoms with E-state index in [2.05, 4.69) is 31.8 Å². The lowest BCUT2D eigenvalue weighted by molar-refractivity contribution is -0.0571. The van der Waals surface area contributed by atoms with Crippen LogP contribution in [0.4, 0.5) is 0 Å². The highest BCUT2D eigenvalue weighted by molar-refractivity contribution is 5.25. The summed E-state index contributed by atoms with van der Waals surface area (Å²) in [5.41, 5.74) is 3.58. The van der Waals surface area contributed by atoms with E-state index in [1.165, 1.54) is 44.9 Å². The molecule has 1 heterocycles. The van der Waals surface area contributed by atoms with Crippen molar-refractivity contribution in [3.8, 4) is 0 Å². The van der Waals surface area contributed by atoms with Gasteiger partial charge in [0.2, 0.25) is 0 Å². The molecular formula is C26H39NO2. The van der Waals surface area contributed by atoms with E-state index in [0.29, 0.717) is 10.8 Å². The van der Waals surface area contributed by atoms with Crippen molar-refractivity contribution in [2.45, 2.75) is 91.1 Å². The van der Waals surface area contributed by atoms with Crippen LogP contribution in [0.15, 0.2) is 28.7 Å². The molecule has 3 fully saturated rings. The number of allylic oxidation sites excluding steroid dienone is 1. The number of aromatic nitrogens is 1. The lowest BCUT2D eigenvalue weighted by Gasteiger charge is -2.58. The predicted octanol–water partition coefficient (Wildman–Crippen LogP) is 6.18. The van der Waals surface area contributed by atoms with Crippen LogP contribution in [0.5, 0.6) is 0 Å². The first-order valence-corrected chi connectivity index (χ1v) is 12.2. The molecule has 0 aliphatic heterocycles. The van der Waals surface area contributed by atoms with Crippen molar-refractivity contribution in [1.29, 1.82) is 0 Å². The second-order valence-corrected chi connectivity index (χ2v) is 11.4. The summed E-state index contributed by atoms with van der Waals surface area (Å²) >= 11 is 0. The summed E-state index contributed by atoms with van der Waals surface area (Å²) in [5.74, 6) is 4.21. The third-order valence-corrected chi connectivity index (χ3v) is 10.2. The third kappa shape index (κ3) is 3.14. The molecule has 3 nitrogen and oxygen atoms in total. The average Bonchev–Trinajstić information content (AvgIpc) is 3.34. The molecule has 0 spiro atoms. The highest BCUT2D eigenvalue weighted by Crippen LogP contribution is 2.67. The molecule has 0 amide bonds. The zero-order chi connectivity index (χ0) is 20.2. The van der Waals surface area contributed by atoms with Crippen LogP contribution in [0, 0.1) is 40.4 Å². The highest BCUT2D eigenvalue weighted by atomic mass is 16.3.